The average Bonchev–Trinajstić information content (AvgIpc) is 3.10. The molecule has 0 spiro atoms. The van der Waals surface area contributed by atoms with E-state index in [1.165, 1.54) is 6.26 Å². The number of nitrogens with one attached hydrogen (secondary N) is 1. The zero-order valence-corrected chi connectivity index (χ0v) is 14.6. The summed E-state index contributed by atoms with van der Waals surface area (Å²) in [6.45, 7) is 0. The highest BCUT2D eigenvalue weighted by atomic mass is 19.3. The second-order valence-electron chi connectivity index (χ2n) is 6.60. The summed E-state index contributed by atoms with van der Waals surface area (Å²) in [5.74, 6) is -1.11. The predicted octanol–water partition coefficient (Wildman–Crippen LogP) is 3.32. The van der Waals surface area contributed by atoms with Crippen LogP contribution in [0.3, 0.4) is 0 Å². The summed E-state index contributed by atoms with van der Waals surface area (Å²) in [7, 11) is 1.68. The molecule has 1 aliphatic rings. The fourth-order valence-electron chi connectivity index (χ4n) is 3.03. The molecule has 1 aromatic heterocycles. The van der Waals surface area contributed by atoms with Gasteiger partial charge in [-0.1, -0.05) is 6.07 Å². The van der Waals surface area contributed by atoms with Crippen LogP contribution in [-0.4, -0.2) is 35.8 Å². The van der Waals surface area contributed by atoms with Crippen LogP contribution in [0.25, 0.3) is 0 Å². The molecule has 0 atom stereocenters. The van der Waals surface area contributed by atoms with E-state index in [0.717, 1.165) is 18.2 Å². The molecule has 1 saturated carbocycles. The smallest absolute Gasteiger partial charge is 0.263 e. The van der Waals surface area contributed by atoms with Gasteiger partial charge in [-0.2, -0.15) is 0 Å². The maximum atomic E-state index is 13.8. The lowest BCUT2D eigenvalue weighted by Crippen LogP contribution is -2.54. The first kappa shape index (κ1) is 19.0. The summed E-state index contributed by atoms with van der Waals surface area (Å²) < 4.78 is 44.4. The van der Waals surface area contributed by atoms with E-state index < -0.39 is 29.3 Å². The molecule has 0 unspecified atom stereocenters. The third-order valence-corrected chi connectivity index (χ3v) is 4.78. The third kappa shape index (κ3) is 4.32. The second-order valence-corrected chi connectivity index (χ2v) is 6.60. The van der Waals surface area contributed by atoms with E-state index in [1.807, 2.05) is 0 Å². The summed E-state index contributed by atoms with van der Waals surface area (Å²) >= 11 is 0. The molecule has 3 rings (SSSR count). The van der Waals surface area contributed by atoms with Crippen molar-refractivity contribution in [1.29, 1.82) is 0 Å². The van der Waals surface area contributed by atoms with Crippen LogP contribution in [0.4, 0.5) is 13.2 Å². The van der Waals surface area contributed by atoms with Crippen molar-refractivity contribution in [2.45, 2.75) is 37.8 Å². The first-order valence-corrected chi connectivity index (χ1v) is 8.51. The Morgan fingerprint density at radius 1 is 1.30 bits per heavy atom. The Morgan fingerprint density at radius 3 is 2.67 bits per heavy atom. The molecule has 2 aromatic rings. The zero-order valence-electron chi connectivity index (χ0n) is 14.6. The molecular weight excluding hydrogens is 361 g/mol. The summed E-state index contributed by atoms with van der Waals surface area (Å²) in [5.41, 5.74) is -0.810. The molecule has 8 heteroatoms. The minimum Gasteiger partial charge on any atom is -0.469 e. The fraction of sp³-hybridized carbons (Fsp3) is 0.368. The van der Waals surface area contributed by atoms with Gasteiger partial charge in [-0.15, -0.1) is 0 Å². The number of hydrogen-bond donors (Lipinski definition) is 1. The molecule has 2 amide bonds. The molecule has 1 aliphatic carbocycles. The number of furan rings is 1. The lowest BCUT2D eigenvalue weighted by molar-refractivity contribution is -0.133. The highest BCUT2D eigenvalue weighted by Crippen LogP contribution is 2.27. The Labute approximate surface area is 154 Å². The number of rotatable bonds is 6. The first-order valence-electron chi connectivity index (χ1n) is 8.51. The van der Waals surface area contributed by atoms with Crippen molar-refractivity contribution in [3.05, 3.63) is 59.3 Å². The first-order chi connectivity index (χ1) is 12.8. The van der Waals surface area contributed by atoms with Crippen LogP contribution in [0.15, 0.2) is 41.0 Å². The number of halogens is 3. The van der Waals surface area contributed by atoms with E-state index >= 15 is 0 Å². The Bertz CT molecular complexity index is 818. The van der Waals surface area contributed by atoms with Crippen LogP contribution in [0.1, 0.15) is 40.9 Å². The van der Waals surface area contributed by atoms with Crippen LogP contribution in [0, 0.1) is 5.82 Å². The van der Waals surface area contributed by atoms with Gasteiger partial charge in [0.15, 0.2) is 0 Å². The summed E-state index contributed by atoms with van der Waals surface area (Å²) in [6.07, 6.45) is -0.0912. The Morgan fingerprint density at radius 2 is 2.04 bits per heavy atom. The molecule has 0 bridgehead atoms. The molecule has 27 heavy (non-hydrogen) atoms. The van der Waals surface area contributed by atoms with E-state index in [2.05, 4.69) is 5.32 Å². The highest BCUT2D eigenvalue weighted by Gasteiger charge is 2.35. The van der Waals surface area contributed by atoms with Gasteiger partial charge in [-0.3, -0.25) is 9.59 Å². The molecular formula is C19H19F3N2O3. The van der Waals surface area contributed by atoms with Gasteiger partial charge in [0.1, 0.15) is 11.6 Å². The van der Waals surface area contributed by atoms with E-state index in [4.69, 9.17) is 4.42 Å². The van der Waals surface area contributed by atoms with Crippen molar-refractivity contribution in [2.75, 3.05) is 7.05 Å². The van der Waals surface area contributed by atoms with Gasteiger partial charge in [0.25, 0.3) is 12.3 Å². The Balaban J connectivity index is 1.52. The van der Waals surface area contributed by atoms with Crippen molar-refractivity contribution in [3.63, 3.8) is 0 Å². The number of amides is 2. The van der Waals surface area contributed by atoms with Gasteiger partial charge in [0, 0.05) is 24.7 Å². The number of carbonyl (C=O) groups excluding carboxylic acids is 2. The summed E-state index contributed by atoms with van der Waals surface area (Å²) in [5, 5.41) is 2.63. The third-order valence-electron chi connectivity index (χ3n) is 4.78. The monoisotopic (exact) mass is 380 g/mol. The van der Waals surface area contributed by atoms with Crippen LogP contribution in [0.5, 0.6) is 0 Å². The van der Waals surface area contributed by atoms with Crippen molar-refractivity contribution in [2.24, 2.45) is 0 Å². The number of benzene rings is 1. The second kappa shape index (κ2) is 7.85. The fourth-order valence-corrected chi connectivity index (χ4v) is 3.03. The minimum atomic E-state index is -2.78. The number of alkyl halides is 2. The topological polar surface area (TPSA) is 62.6 Å². The highest BCUT2D eigenvalue weighted by molar-refractivity contribution is 5.95. The SMILES string of the molecule is CN(C(=O)Cc1ccco1)C1CC(NC(=O)c2cc(C(F)F)ccc2F)C1. The molecule has 1 heterocycles. The van der Waals surface area contributed by atoms with Crippen molar-refractivity contribution < 1.29 is 27.2 Å². The summed E-state index contributed by atoms with van der Waals surface area (Å²) in [6, 6.07) is 5.82. The maximum Gasteiger partial charge on any atom is 0.263 e. The molecule has 1 N–H and O–H groups in total. The molecule has 1 fully saturated rings. The van der Waals surface area contributed by atoms with Crippen LogP contribution in [-0.2, 0) is 11.2 Å². The van der Waals surface area contributed by atoms with Gasteiger partial charge >= 0.3 is 0 Å². The van der Waals surface area contributed by atoms with Crippen LogP contribution < -0.4 is 5.32 Å². The van der Waals surface area contributed by atoms with Crippen molar-refractivity contribution in [1.82, 2.24) is 10.2 Å². The minimum absolute atomic E-state index is 0.0463. The number of nitrogens with zero attached hydrogens (tertiary/aromatic N) is 1. The van der Waals surface area contributed by atoms with Gasteiger partial charge in [0.2, 0.25) is 5.91 Å². The number of hydrogen-bond acceptors (Lipinski definition) is 3. The predicted molar refractivity (Wildman–Crippen MR) is 90.8 cm³/mol. The molecule has 0 radical (unpaired) electrons. The Hall–Kier alpha value is -2.77. The van der Waals surface area contributed by atoms with E-state index in [9.17, 15) is 22.8 Å². The quantitative estimate of drug-likeness (QED) is 0.836. The van der Waals surface area contributed by atoms with Gasteiger partial charge in [-0.25, -0.2) is 13.2 Å². The maximum absolute atomic E-state index is 13.8. The normalized spacial score (nSPS) is 18.9. The molecule has 0 aliphatic heterocycles. The average molecular weight is 380 g/mol. The van der Waals surface area contributed by atoms with Crippen molar-refractivity contribution >= 4 is 11.8 Å². The lowest BCUT2D eigenvalue weighted by atomic mass is 9.85. The van der Waals surface area contributed by atoms with Crippen LogP contribution in [0.2, 0.25) is 0 Å². The van der Waals surface area contributed by atoms with Crippen LogP contribution >= 0.6 is 0 Å². The van der Waals surface area contributed by atoms with E-state index in [1.54, 1.807) is 24.1 Å². The Kier molecular flexibility index (Phi) is 5.53. The van der Waals surface area contributed by atoms with Gasteiger partial charge < -0.3 is 14.6 Å². The zero-order chi connectivity index (χ0) is 19.6. The molecule has 5 nitrogen and oxygen atoms in total. The van der Waals surface area contributed by atoms with Gasteiger partial charge in [0.05, 0.1) is 18.2 Å². The van der Waals surface area contributed by atoms with E-state index in [-0.39, 0.29) is 24.4 Å². The number of carbonyl (C=O) groups is 2. The summed E-state index contributed by atoms with van der Waals surface area (Å²) in [4.78, 5) is 26.0. The van der Waals surface area contributed by atoms with Gasteiger partial charge in [-0.05, 0) is 37.1 Å². The molecule has 0 saturated heterocycles. The van der Waals surface area contributed by atoms with Crippen molar-refractivity contribution in [3.8, 4) is 0 Å². The standard InChI is InChI=1S/C19H19F3N2O3/c1-24(17(25)10-14-3-2-6-27-14)13-8-12(9-13)23-19(26)15-7-11(18(21)22)4-5-16(15)20/h2-7,12-13,18H,8-10H2,1H3,(H,23,26). The van der Waals surface area contributed by atoms with E-state index in [0.29, 0.717) is 18.6 Å². The largest absolute Gasteiger partial charge is 0.469 e. The lowest BCUT2D eigenvalue weighted by Gasteiger charge is -2.41. The number of likely N-dealkylation sites (N-methyl/N-ethyl adjacent to an activating group) is 1. The molecule has 1 aromatic carbocycles. The molecule has 144 valence electrons.